The molecule has 130 valence electrons. The highest BCUT2D eigenvalue weighted by Gasteiger charge is 2.53. The van der Waals surface area contributed by atoms with Gasteiger partial charge >= 0.3 is 11.9 Å². The second-order valence-corrected chi connectivity index (χ2v) is 6.08. The molecule has 3 rings (SSSR count). The third-order valence-corrected chi connectivity index (χ3v) is 4.47. The van der Waals surface area contributed by atoms with Gasteiger partial charge in [-0.2, -0.15) is 0 Å². The Kier molecular flexibility index (Phi) is 4.83. The number of benzene rings is 1. The molecule has 0 saturated heterocycles. The van der Waals surface area contributed by atoms with Crippen LogP contribution in [0.4, 0.5) is 0 Å². The van der Waals surface area contributed by atoms with E-state index in [1.54, 1.807) is 20.0 Å². The second-order valence-electron chi connectivity index (χ2n) is 6.08. The van der Waals surface area contributed by atoms with Gasteiger partial charge in [0.25, 0.3) is 0 Å². The van der Waals surface area contributed by atoms with E-state index in [1.165, 1.54) is 0 Å². The van der Waals surface area contributed by atoms with E-state index in [2.05, 4.69) is 4.98 Å². The normalized spacial score (nSPS) is 14.6. The van der Waals surface area contributed by atoms with Crippen molar-refractivity contribution in [3.63, 3.8) is 0 Å². The first-order chi connectivity index (χ1) is 12.1. The minimum atomic E-state index is -1.30. The summed E-state index contributed by atoms with van der Waals surface area (Å²) in [5, 5.41) is 0. The fourth-order valence-corrected chi connectivity index (χ4v) is 3.24. The van der Waals surface area contributed by atoms with E-state index < -0.39 is 17.4 Å². The van der Waals surface area contributed by atoms with Gasteiger partial charge in [-0.3, -0.25) is 14.6 Å². The van der Waals surface area contributed by atoms with Gasteiger partial charge in [0.15, 0.2) is 5.41 Å². The van der Waals surface area contributed by atoms with Crippen LogP contribution in [0, 0.1) is 5.41 Å². The maximum atomic E-state index is 12.6. The van der Waals surface area contributed by atoms with Gasteiger partial charge < -0.3 is 9.47 Å². The largest absolute Gasteiger partial charge is 0.465 e. The van der Waals surface area contributed by atoms with Crippen LogP contribution in [0.1, 0.15) is 25.0 Å². The van der Waals surface area contributed by atoms with Crippen LogP contribution >= 0.6 is 0 Å². The number of pyridine rings is 1. The smallest absolute Gasteiger partial charge is 0.324 e. The van der Waals surface area contributed by atoms with E-state index in [9.17, 15) is 9.59 Å². The maximum Gasteiger partial charge on any atom is 0.324 e. The molecular formula is C20H21NO4. The van der Waals surface area contributed by atoms with Crippen molar-refractivity contribution in [3.05, 3.63) is 53.7 Å². The molecule has 1 aliphatic rings. The van der Waals surface area contributed by atoms with Crippen LogP contribution in [0.3, 0.4) is 0 Å². The fraction of sp³-hybridized carbons (Fsp3) is 0.350. The number of aromatic nitrogens is 1. The van der Waals surface area contributed by atoms with Gasteiger partial charge in [-0.15, -0.1) is 0 Å². The van der Waals surface area contributed by atoms with E-state index in [-0.39, 0.29) is 26.1 Å². The zero-order chi connectivity index (χ0) is 17.9. The van der Waals surface area contributed by atoms with Crippen LogP contribution in [-0.4, -0.2) is 30.1 Å². The molecule has 1 heterocycles. The maximum absolute atomic E-state index is 12.6. The van der Waals surface area contributed by atoms with E-state index in [0.717, 1.165) is 22.4 Å². The van der Waals surface area contributed by atoms with Crippen molar-refractivity contribution in [3.8, 4) is 11.3 Å². The molecule has 0 saturated carbocycles. The summed E-state index contributed by atoms with van der Waals surface area (Å²) >= 11 is 0. The average Bonchev–Trinajstić information content (AvgIpc) is 3.03. The molecular weight excluding hydrogens is 318 g/mol. The summed E-state index contributed by atoms with van der Waals surface area (Å²) in [7, 11) is 0. The molecule has 1 aromatic heterocycles. The van der Waals surface area contributed by atoms with Crippen LogP contribution in [0.25, 0.3) is 11.3 Å². The number of rotatable bonds is 5. The topological polar surface area (TPSA) is 65.5 Å². The zero-order valence-electron chi connectivity index (χ0n) is 14.5. The van der Waals surface area contributed by atoms with Crippen molar-refractivity contribution in [1.29, 1.82) is 0 Å². The summed E-state index contributed by atoms with van der Waals surface area (Å²) < 4.78 is 10.4. The lowest BCUT2D eigenvalue weighted by Gasteiger charge is -2.23. The molecule has 25 heavy (non-hydrogen) atoms. The number of hydrogen-bond donors (Lipinski definition) is 0. The molecule has 0 unspecified atom stereocenters. The number of carbonyl (C=O) groups is 2. The Morgan fingerprint density at radius 3 is 2.20 bits per heavy atom. The quantitative estimate of drug-likeness (QED) is 0.619. The number of esters is 2. The molecule has 0 atom stereocenters. The van der Waals surface area contributed by atoms with Gasteiger partial charge in [0.05, 0.1) is 18.9 Å². The number of nitrogens with zero attached hydrogens (tertiary/aromatic N) is 1. The van der Waals surface area contributed by atoms with Crippen LogP contribution in [0.2, 0.25) is 0 Å². The van der Waals surface area contributed by atoms with Gasteiger partial charge in [0.1, 0.15) is 0 Å². The highest BCUT2D eigenvalue weighted by atomic mass is 16.6. The third kappa shape index (κ3) is 3.14. The minimum absolute atomic E-state index is 0.226. The molecule has 0 aliphatic heterocycles. The van der Waals surface area contributed by atoms with Gasteiger partial charge in [-0.05, 0) is 37.5 Å². The van der Waals surface area contributed by atoms with Crippen LogP contribution in [-0.2, 0) is 31.9 Å². The SMILES string of the molecule is CCOC(=O)C1(C(=O)OCC)Cc2cnc(-c3ccccc3)cc2C1. The Bertz CT molecular complexity index is 768. The first-order valence-electron chi connectivity index (χ1n) is 8.48. The highest BCUT2D eigenvalue weighted by molar-refractivity contribution is 6.01. The van der Waals surface area contributed by atoms with E-state index in [0.29, 0.717) is 0 Å². The Morgan fingerprint density at radius 2 is 1.60 bits per heavy atom. The van der Waals surface area contributed by atoms with Crippen molar-refractivity contribution < 1.29 is 19.1 Å². The van der Waals surface area contributed by atoms with E-state index in [1.807, 2.05) is 36.4 Å². The van der Waals surface area contributed by atoms with Crippen molar-refractivity contribution in [1.82, 2.24) is 4.98 Å². The zero-order valence-corrected chi connectivity index (χ0v) is 14.5. The van der Waals surface area contributed by atoms with Crippen LogP contribution < -0.4 is 0 Å². The summed E-state index contributed by atoms with van der Waals surface area (Å²) in [5.74, 6) is -1.04. The highest BCUT2D eigenvalue weighted by Crippen LogP contribution is 2.40. The van der Waals surface area contributed by atoms with E-state index >= 15 is 0 Å². The molecule has 0 bridgehead atoms. The Balaban J connectivity index is 1.96. The number of ether oxygens (including phenoxy) is 2. The summed E-state index contributed by atoms with van der Waals surface area (Å²) in [4.78, 5) is 29.6. The molecule has 0 radical (unpaired) electrons. The molecule has 1 aromatic carbocycles. The minimum Gasteiger partial charge on any atom is -0.465 e. The predicted octanol–water partition coefficient (Wildman–Crippen LogP) is 2.96. The van der Waals surface area contributed by atoms with Crippen molar-refractivity contribution >= 4 is 11.9 Å². The molecule has 0 amide bonds. The number of carbonyl (C=O) groups excluding carboxylic acids is 2. The Labute approximate surface area is 147 Å². The van der Waals surface area contributed by atoms with Crippen molar-refractivity contribution in [2.75, 3.05) is 13.2 Å². The first kappa shape index (κ1) is 17.1. The van der Waals surface area contributed by atoms with Gasteiger partial charge in [-0.1, -0.05) is 30.3 Å². The molecule has 0 fully saturated rings. The van der Waals surface area contributed by atoms with Crippen molar-refractivity contribution in [2.24, 2.45) is 5.41 Å². The lowest BCUT2D eigenvalue weighted by Crippen LogP contribution is -2.43. The Morgan fingerprint density at radius 1 is 1.00 bits per heavy atom. The monoisotopic (exact) mass is 339 g/mol. The van der Waals surface area contributed by atoms with Gasteiger partial charge in [0.2, 0.25) is 0 Å². The van der Waals surface area contributed by atoms with Gasteiger partial charge in [0, 0.05) is 18.2 Å². The predicted molar refractivity (Wildman–Crippen MR) is 92.8 cm³/mol. The molecule has 5 nitrogen and oxygen atoms in total. The van der Waals surface area contributed by atoms with E-state index in [4.69, 9.17) is 9.47 Å². The van der Waals surface area contributed by atoms with Crippen LogP contribution in [0.15, 0.2) is 42.6 Å². The van der Waals surface area contributed by atoms with Crippen molar-refractivity contribution in [2.45, 2.75) is 26.7 Å². The van der Waals surface area contributed by atoms with Crippen LogP contribution in [0.5, 0.6) is 0 Å². The molecule has 2 aromatic rings. The average molecular weight is 339 g/mol. The lowest BCUT2D eigenvalue weighted by atomic mass is 9.84. The standard InChI is InChI=1S/C20H21NO4/c1-3-24-18(22)20(19(23)25-4-2)11-15-10-17(21-13-16(15)12-20)14-8-6-5-7-9-14/h5-10,13H,3-4,11-12H2,1-2H3. The first-order valence-corrected chi connectivity index (χ1v) is 8.48. The molecule has 5 heteroatoms. The number of hydrogen-bond acceptors (Lipinski definition) is 5. The third-order valence-electron chi connectivity index (χ3n) is 4.47. The molecule has 0 N–H and O–H groups in total. The second kappa shape index (κ2) is 7.05. The molecule has 0 spiro atoms. The number of fused-ring (bicyclic) bond motifs is 1. The fourth-order valence-electron chi connectivity index (χ4n) is 3.24. The summed E-state index contributed by atoms with van der Waals surface area (Å²) in [6.07, 6.45) is 2.29. The summed E-state index contributed by atoms with van der Waals surface area (Å²) in [6.45, 7) is 3.91. The summed E-state index contributed by atoms with van der Waals surface area (Å²) in [5.41, 5.74) is 2.35. The summed E-state index contributed by atoms with van der Waals surface area (Å²) in [6, 6.07) is 11.8. The van der Waals surface area contributed by atoms with Gasteiger partial charge in [-0.25, -0.2) is 0 Å². The Hall–Kier alpha value is -2.69. The lowest BCUT2D eigenvalue weighted by molar-refractivity contribution is -0.171. The molecule has 1 aliphatic carbocycles.